The molecule has 2 aromatic carbocycles. The number of amides is 6. The van der Waals surface area contributed by atoms with E-state index in [9.17, 15) is 39.0 Å². The summed E-state index contributed by atoms with van der Waals surface area (Å²) in [5.74, 6) is -5.68. The van der Waals surface area contributed by atoms with Crippen molar-refractivity contribution in [1.82, 2.24) is 21.3 Å². The number of carbonyl (C=O) groups is 6. The smallest absolute Gasteiger partial charge is 0.263 e. The van der Waals surface area contributed by atoms with E-state index in [1.807, 2.05) is 34.6 Å². The molecule has 0 radical (unpaired) electrons. The van der Waals surface area contributed by atoms with E-state index in [0.717, 1.165) is 18.1 Å². The van der Waals surface area contributed by atoms with Gasteiger partial charge in [-0.3, -0.25) is 28.8 Å². The third kappa shape index (κ3) is 10.2. The number of allylic oxidation sites excluding steroid dienone is 1. The molecule has 0 unspecified atom stereocenters. The normalized spacial score (nSPS) is 23.1. The van der Waals surface area contributed by atoms with Gasteiger partial charge in [-0.2, -0.15) is 0 Å². The van der Waals surface area contributed by atoms with E-state index in [2.05, 4.69) is 26.6 Å². The van der Waals surface area contributed by atoms with Gasteiger partial charge in [-0.05, 0) is 54.9 Å². The molecule has 2 heterocycles. The van der Waals surface area contributed by atoms with Gasteiger partial charge in [-0.25, -0.2) is 0 Å². The van der Waals surface area contributed by atoms with Gasteiger partial charge in [0.15, 0.2) is 20.7 Å². The quantitative estimate of drug-likeness (QED) is 0.0894. The number of hydrogen-bond donors (Lipinski definition) is 8. The summed E-state index contributed by atoms with van der Waals surface area (Å²) in [5, 5.41) is 36.7. The average Bonchev–Trinajstić information content (AvgIpc) is 3.49. The highest BCUT2D eigenvalue weighted by atomic mass is 28.4. The van der Waals surface area contributed by atoms with Crippen molar-refractivity contribution < 1.29 is 52.9 Å². The molecule has 0 fully saturated rings. The number of rotatable bonds is 16. The average molecular weight is 839 g/mol. The highest BCUT2D eigenvalue weighted by Gasteiger charge is 2.56. The molecule has 0 aliphatic carbocycles. The van der Waals surface area contributed by atoms with E-state index >= 15 is 0 Å². The molecule has 322 valence electrons. The fourth-order valence-electron chi connectivity index (χ4n) is 7.35. The van der Waals surface area contributed by atoms with Crippen LogP contribution in [0.1, 0.15) is 65.5 Å². The molecular formula is C41H58N6O11Si. The molecule has 0 aromatic heterocycles. The molecule has 7 atom stereocenters. The molecule has 2 aromatic rings. The second kappa shape index (κ2) is 20.2. The number of primary amides is 1. The summed E-state index contributed by atoms with van der Waals surface area (Å²) in [7, 11) is -0.912. The number of nitrogens with one attached hydrogen (secondary N) is 5. The van der Waals surface area contributed by atoms with E-state index in [4.69, 9.17) is 19.6 Å². The number of nitrogens with two attached hydrogens (primary N) is 1. The van der Waals surface area contributed by atoms with E-state index in [1.165, 1.54) is 31.5 Å². The second-order valence-electron chi connectivity index (χ2n) is 14.9. The summed E-state index contributed by atoms with van der Waals surface area (Å²) in [6.07, 6.45) is -0.892. The van der Waals surface area contributed by atoms with Crippen LogP contribution in [0.15, 0.2) is 48.7 Å². The maximum absolute atomic E-state index is 14.4. The first-order chi connectivity index (χ1) is 28.0. The Balaban J connectivity index is 1.96. The fraction of sp³-hybridized carbons (Fsp3) is 0.512. The Morgan fingerprint density at radius 2 is 1.73 bits per heavy atom. The van der Waals surface area contributed by atoms with Crippen molar-refractivity contribution in [2.24, 2.45) is 11.7 Å². The summed E-state index contributed by atoms with van der Waals surface area (Å²) < 4.78 is 17.8. The molecule has 17 nitrogen and oxygen atoms in total. The maximum Gasteiger partial charge on any atom is 0.263 e. The number of anilines is 1. The number of para-hydroxylation sites is 1. The summed E-state index contributed by atoms with van der Waals surface area (Å²) >= 11 is 0. The second-order valence-corrected chi connectivity index (χ2v) is 19.7. The molecule has 18 heteroatoms. The molecule has 6 amide bonds. The Kier molecular flexibility index (Phi) is 15.9. The van der Waals surface area contributed by atoms with E-state index in [0.29, 0.717) is 23.1 Å². The predicted octanol–water partition coefficient (Wildman–Crippen LogP) is 1.81. The number of aliphatic hydroxyl groups is 2. The molecule has 2 aliphatic heterocycles. The summed E-state index contributed by atoms with van der Waals surface area (Å²) in [5.41, 5.74) is 3.88. The molecule has 4 rings (SSSR count). The molecule has 0 spiro atoms. The van der Waals surface area contributed by atoms with E-state index < -0.39 is 86.1 Å². The SMILES string of the molecule is C/C=C\NC(=O)[C@H]1NC(=O)[C@H](CC(N)=O)NC(=O)[C@@H](NC(=O)[C@@H](O[Si](CC)(CC)CC)[C@@H](C)CC)Cc2ccc(OCOC)c(c2)-c2cccc3c2NC(=O)[C@@]3(O)[C@@H]1O. The Bertz CT molecular complexity index is 1920. The van der Waals surface area contributed by atoms with Crippen LogP contribution < -0.4 is 37.1 Å². The molecular weight excluding hydrogens is 781 g/mol. The van der Waals surface area contributed by atoms with Gasteiger partial charge in [0, 0.05) is 30.2 Å². The van der Waals surface area contributed by atoms with Crippen LogP contribution in [0.4, 0.5) is 5.69 Å². The monoisotopic (exact) mass is 838 g/mol. The summed E-state index contributed by atoms with van der Waals surface area (Å²) in [6.45, 7) is 11.4. The zero-order valence-electron chi connectivity index (χ0n) is 34.7. The van der Waals surface area contributed by atoms with Gasteiger partial charge in [0.25, 0.3) is 5.91 Å². The Hall–Kier alpha value is -5.14. The zero-order chi connectivity index (χ0) is 43.7. The number of benzene rings is 2. The minimum absolute atomic E-state index is 0.0719. The molecule has 0 saturated carbocycles. The third-order valence-corrected chi connectivity index (χ3v) is 15.9. The van der Waals surface area contributed by atoms with Crippen LogP contribution in [-0.4, -0.2) is 98.2 Å². The number of ether oxygens (including phenoxy) is 2. The first-order valence-corrected chi connectivity index (χ1v) is 22.5. The fourth-order valence-corrected chi connectivity index (χ4v) is 10.2. The molecule has 0 saturated heterocycles. The predicted molar refractivity (Wildman–Crippen MR) is 221 cm³/mol. The van der Waals surface area contributed by atoms with Crippen LogP contribution in [-0.2, 0) is 50.0 Å². The number of carbonyl (C=O) groups excluding carboxylic acids is 6. The molecule has 9 N–H and O–H groups in total. The van der Waals surface area contributed by atoms with Crippen LogP contribution in [0.2, 0.25) is 18.1 Å². The van der Waals surface area contributed by atoms with Gasteiger partial charge < -0.3 is 56.4 Å². The lowest BCUT2D eigenvalue weighted by molar-refractivity contribution is -0.155. The van der Waals surface area contributed by atoms with Crippen LogP contribution in [0, 0.1) is 5.92 Å². The largest absolute Gasteiger partial charge is 0.467 e. The summed E-state index contributed by atoms with van der Waals surface area (Å²) in [4.78, 5) is 82.5. The van der Waals surface area contributed by atoms with Gasteiger partial charge in [-0.15, -0.1) is 0 Å². The van der Waals surface area contributed by atoms with Crippen molar-refractivity contribution in [2.45, 2.75) is 115 Å². The van der Waals surface area contributed by atoms with Crippen molar-refractivity contribution in [2.75, 3.05) is 19.2 Å². The van der Waals surface area contributed by atoms with Crippen molar-refractivity contribution in [3.8, 4) is 16.9 Å². The Morgan fingerprint density at radius 1 is 1.03 bits per heavy atom. The van der Waals surface area contributed by atoms with E-state index in [1.54, 1.807) is 31.2 Å². The maximum atomic E-state index is 14.4. The van der Waals surface area contributed by atoms with Crippen LogP contribution in [0.3, 0.4) is 0 Å². The number of hydrogen-bond acceptors (Lipinski definition) is 11. The third-order valence-electron chi connectivity index (χ3n) is 11.3. The molecule has 59 heavy (non-hydrogen) atoms. The van der Waals surface area contributed by atoms with Crippen molar-refractivity contribution in [1.29, 1.82) is 0 Å². The van der Waals surface area contributed by atoms with Gasteiger partial charge in [0.05, 0.1) is 12.1 Å². The van der Waals surface area contributed by atoms with Crippen molar-refractivity contribution >= 4 is 49.4 Å². The lowest BCUT2D eigenvalue weighted by Crippen LogP contribution is -2.64. The highest BCUT2D eigenvalue weighted by Crippen LogP contribution is 2.46. The lowest BCUT2D eigenvalue weighted by atomic mass is 9.83. The number of methoxy groups -OCH3 is 1. The zero-order valence-corrected chi connectivity index (χ0v) is 35.7. The van der Waals surface area contributed by atoms with Gasteiger partial charge >= 0.3 is 0 Å². The Morgan fingerprint density at radius 3 is 2.34 bits per heavy atom. The standard InChI is InChI=1S/C41H58N6O11Si/c1-8-18-43-38(52)33-35(49)41(55)27-15-13-14-25(32(27)47-40(41)54)26-19-24(16-17-30(26)57-22-56-7)20-28(36(50)44-29(21-31(42)48)37(51)46-33)45-39(53)34(23(6)9-2)58-59(10-3,11-4)12-5/h8,13-19,23,28-29,33-35,49,55H,9-12,20-22H2,1-7H3,(H2,42,48)(H,43,52)(H,44,50)(H,45,53)(H,46,51)(H,47,54)/b18-8-/t23-,28-,29-,33-,34-,35+,41-/m0/s1. The lowest BCUT2D eigenvalue weighted by Gasteiger charge is -2.36. The number of aliphatic hydroxyl groups excluding tert-OH is 1. The molecule has 6 bridgehead atoms. The van der Waals surface area contributed by atoms with Gasteiger partial charge in [0.2, 0.25) is 29.5 Å². The first kappa shape index (κ1) is 46.5. The summed E-state index contributed by atoms with van der Waals surface area (Å²) in [6, 6.07) is 6.67. The van der Waals surface area contributed by atoms with Crippen molar-refractivity contribution in [3.05, 3.63) is 59.8 Å². The first-order valence-electron chi connectivity index (χ1n) is 19.9. The van der Waals surface area contributed by atoms with Crippen molar-refractivity contribution in [3.63, 3.8) is 0 Å². The van der Waals surface area contributed by atoms with Gasteiger partial charge in [-0.1, -0.05) is 71.4 Å². The number of fused-ring (bicyclic) bond motifs is 3. The van der Waals surface area contributed by atoms with Crippen LogP contribution >= 0.6 is 0 Å². The van der Waals surface area contributed by atoms with E-state index in [-0.39, 0.29) is 36.1 Å². The Labute approximate surface area is 345 Å². The highest BCUT2D eigenvalue weighted by molar-refractivity contribution is 6.73. The minimum Gasteiger partial charge on any atom is -0.467 e. The van der Waals surface area contributed by atoms with Crippen LogP contribution in [0.5, 0.6) is 5.75 Å². The van der Waals surface area contributed by atoms with Gasteiger partial charge in [0.1, 0.15) is 36.1 Å². The minimum atomic E-state index is -2.81. The molecule has 2 aliphatic rings. The van der Waals surface area contributed by atoms with Crippen LogP contribution in [0.25, 0.3) is 11.1 Å². The topological polar surface area (TPSA) is 257 Å².